The molecule has 1 fully saturated rings. The Morgan fingerprint density at radius 1 is 1.29 bits per heavy atom. The lowest BCUT2D eigenvalue weighted by molar-refractivity contribution is -0.0135. The van der Waals surface area contributed by atoms with Gasteiger partial charge in [-0.3, -0.25) is 0 Å². The normalized spacial score (nSPS) is 24.5. The highest BCUT2D eigenvalue weighted by Crippen LogP contribution is 2.31. The molecule has 0 radical (unpaired) electrons. The van der Waals surface area contributed by atoms with Crippen molar-refractivity contribution in [1.82, 2.24) is 0 Å². The molecule has 1 unspecified atom stereocenters. The van der Waals surface area contributed by atoms with Crippen molar-refractivity contribution >= 4 is 0 Å². The first kappa shape index (κ1) is 12.4. The van der Waals surface area contributed by atoms with Crippen LogP contribution in [-0.2, 0) is 4.74 Å². The smallest absolute Gasteiger partial charge is 0.119 e. The van der Waals surface area contributed by atoms with Gasteiger partial charge in [0.25, 0.3) is 0 Å². The zero-order chi connectivity index (χ0) is 12.0. The van der Waals surface area contributed by atoms with Crippen molar-refractivity contribution in [3.8, 4) is 5.75 Å². The predicted molar refractivity (Wildman–Crippen MR) is 68.1 cm³/mol. The Hall–Kier alpha value is -1.06. The summed E-state index contributed by atoms with van der Waals surface area (Å²) in [6.07, 6.45) is 3.24. The van der Waals surface area contributed by atoms with Gasteiger partial charge in [0.1, 0.15) is 5.75 Å². The van der Waals surface area contributed by atoms with E-state index < -0.39 is 0 Å². The Bertz CT molecular complexity index is 320. The quantitative estimate of drug-likeness (QED) is 0.851. The molecule has 0 aromatic heterocycles. The van der Waals surface area contributed by atoms with Gasteiger partial charge < -0.3 is 15.2 Å². The summed E-state index contributed by atoms with van der Waals surface area (Å²) in [7, 11) is 0. The van der Waals surface area contributed by atoms with E-state index >= 15 is 0 Å². The molecule has 1 aromatic carbocycles. The van der Waals surface area contributed by atoms with Crippen molar-refractivity contribution in [2.75, 3.05) is 26.4 Å². The summed E-state index contributed by atoms with van der Waals surface area (Å²) in [6.45, 7) is 3.05. The topological polar surface area (TPSA) is 44.5 Å². The Morgan fingerprint density at radius 3 is 2.76 bits per heavy atom. The molecule has 2 rings (SSSR count). The van der Waals surface area contributed by atoms with Gasteiger partial charge in [0, 0.05) is 18.6 Å². The van der Waals surface area contributed by atoms with E-state index in [2.05, 4.69) is 0 Å². The molecule has 94 valence electrons. The third kappa shape index (κ3) is 3.45. The fourth-order valence-electron chi connectivity index (χ4n) is 2.27. The molecule has 1 atom stereocenters. The van der Waals surface area contributed by atoms with Gasteiger partial charge in [-0.15, -0.1) is 0 Å². The second-order valence-electron chi connectivity index (χ2n) is 4.77. The van der Waals surface area contributed by atoms with Gasteiger partial charge in [-0.05, 0) is 31.4 Å². The second kappa shape index (κ2) is 6.03. The molecule has 0 aliphatic carbocycles. The average Bonchev–Trinajstić information content (AvgIpc) is 2.41. The number of hydrogen-bond donors (Lipinski definition) is 1. The lowest BCUT2D eigenvalue weighted by Gasteiger charge is -2.35. The molecule has 0 bridgehead atoms. The van der Waals surface area contributed by atoms with Gasteiger partial charge in [-0.2, -0.15) is 0 Å². The van der Waals surface area contributed by atoms with Crippen molar-refractivity contribution in [3.05, 3.63) is 30.3 Å². The molecule has 17 heavy (non-hydrogen) atoms. The number of rotatable bonds is 5. The Morgan fingerprint density at radius 2 is 2.12 bits per heavy atom. The molecule has 1 heterocycles. The fraction of sp³-hybridized carbons (Fsp3) is 0.571. The molecule has 1 saturated heterocycles. The minimum Gasteiger partial charge on any atom is -0.494 e. The minimum atomic E-state index is 0.132. The van der Waals surface area contributed by atoms with E-state index in [0.29, 0.717) is 13.2 Å². The van der Waals surface area contributed by atoms with Crippen molar-refractivity contribution in [3.63, 3.8) is 0 Å². The summed E-state index contributed by atoms with van der Waals surface area (Å²) < 4.78 is 11.3. The van der Waals surface area contributed by atoms with Crippen LogP contribution in [0.15, 0.2) is 30.3 Å². The van der Waals surface area contributed by atoms with Crippen molar-refractivity contribution in [2.24, 2.45) is 11.1 Å². The van der Waals surface area contributed by atoms with E-state index in [-0.39, 0.29) is 5.41 Å². The maximum atomic E-state index is 5.88. The molecular weight excluding hydrogens is 214 g/mol. The average molecular weight is 235 g/mol. The van der Waals surface area contributed by atoms with E-state index in [1.807, 2.05) is 30.3 Å². The third-order valence-corrected chi connectivity index (χ3v) is 3.48. The van der Waals surface area contributed by atoms with Crippen LogP contribution >= 0.6 is 0 Å². The van der Waals surface area contributed by atoms with Crippen molar-refractivity contribution in [2.45, 2.75) is 19.3 Å². The van der Waals surface area contributed by atoms with Crippen LogP contribution < -0.4 is 10.5 Å². The van der Waals surface area contributed by atoms with Gasteiger partial charge in [0.15, 0.2) is 0 Å². The maximum absolute atomic E-state index is 5.88. The highest BCUT2D eigenvalue weighted by molar-refractivity contribution is 5.20. The first-order valence-corrected chi connectivity index (χ1v) is 6.30. The molecule has 2 N–H and O–H groups in total. The van der Waals surface area contributed by atoms with E-state index in [1.165, 1.54) is 0 Å². The molecule has 0 spiro atoms. The Kier molecular flexibility index (Phi) is 4.40. The molecule has 3 heteroatoms. The lowest BCUT2D eigenvalue weighted by Crippen LogP contribution is -2.39. The van der Waals surface area contributed by atoms with E-state index in [9.17, 15) is 0 Å². The van der Waals surface area contributed by atoms with E-state index in [4.69, 9.17) is 15.2 Å². The van der Waals surface area contributed by atoms with Crippen molar-refractivity contribution in [1.29, 1.82) is 0 Å². The van der Waals surface area contributed by atoms with E-state index in [1.54, 1.807) is 0 Å². The van der Waals surface area contributed by atoms with Crippen LogP contribution in [0.2, 0.25) is 0 Å². The zero-order valence-electron chi connectivity index (χ0n) is 10.2. The van der Waals surface area contributed by atoms with Crippen LogP contribution in [0.3, 0.4) is 0 Å². The standard InChI is InChI=1S/C14H21NO2/c15-11-14(7-4-9-16-12-14)8-10-17-13-5-2-1-3-6-13/h1-3,5-6H,4,7-12,15H2. The highest BCUT2D eigenvalue weighted by atomic mass is 16.5. The third-order valence-electron chi connectivity index (χ3n) is 3.48. The molecule has 0 amide bonds. The first-order valence-electron chi connectivity index (χ1n) is 6.30. The van der Waals surface area contributed by atoms with Gasteiger partial charge in [0.05, 0.1) is 13.2 Å². The molecule has 1 aliphatic rings. The Labute approximate surface area is 103 Å². The summed E-state index contributed by atoms with van der Waals surface area (Å²) in [5, 5.41) is 0. The molecular formula is C14H21NO2. The van der Waals surface area contributed by atoms with Gasteiger partial charge in [-0.25, -0.2) is 0 Å². The highest BCUT2D eigenvalue weighted by Gasteiger charge is 2.31. The Balaban J connectivity index is 1.80. The van der Waals surface area contributed by atoms with Gasteiger partial charge in [0.2, 0.25) is 0 Å². The monoisotopic (exact) mass is 235 g/mol. The lowest BCUT2D eigenvalue weighted by atomic mass is 9.80. The van der Waals surface area contributed by atoms with Gasteiger partial charge in [-0.1, -0.05) is 18.2 Å². The SMILES string of the molecule is NCC1(CCOc2ccccc2)CCCOC1. The second-order valence-corrected chi connectivity index (χ2v) is 4.77. The molecule has 1 aromatic rings. The summed E-state index contributed by atoms with van der Waals surface area (Å²) >= 11 is 0. The number of para-hydroxylation sites is 1. The van der Waals surface area contributed by atoms with Crippen LogP contribution in [0.25, 0.3) is 0 Å². The molecule has 3 nitrogen and oxygen atoms in total. The van der Waals surface area contributed by atoms with Crippen LogP contribution in [-0.4, -0.2) is 26.4 Å². The largest absolute Gasteiger partial charge is 0.494 e. The first-order chi connectivity index (χ1) is 8.35. The summed E-state index contributed by atoms with van der Waals surface area (Å²) in [5.74, 6) is 0.927. The van der Waals surface area contributed by atoms with Gasteiger partial charge >= 0.3 is 0 Å². The summed E-state index contributed by atoms with van der Waals surface area (Å²) in [4.78, 5) is 0. The van der Waals surface area contributed by atoms with Crippen LogP contribution in [0.1, 0.15) is 19.3 Å². The van der Waals surface area contributed by atoms with E-state index in [0.717, 1.165) is 38.2 Å². The number of benzene rings is 1. The molecule has 0 saturated carbocycles. The number of hydrogen-bond acceptors (Lipinski definition) is 3. The van der Waals surface area contributed by atoms with Crippen LogP contribution in [0.5, 0.6) is 5.75 Å². The molecule has 1 aliphatic heterocycles. The minimum absolute atomic E-state index is 0.132. The van der Waals surface area contributed by atoms with Crippen molar-refractivity contribution < 1.29 is 9.47 Å². The summed E-state index contributed by atoms with van der Waals surface area (Å²) in [5.41, 5.74) is 6.01. The zero-order valence-corrected chi connectivity index (χ0v) is 10.2. The fourth-order valence-corrected chi connectivity index (χ4v) is 2.27. The maximum Gasteiger partial charge on any atom is 0.119 e. The van der Waals surface area contributed by atoms with Crippen LogP contribution in [0, 0.1) is 5.41 Å². The summed E-state index contributed by atoms with van der Waals surface area (Å²) in [6, 6.07) is 9.91. The van der Waals surface area contributed by atoms with Crippen LogP contribution in [0.4, 0.5) is 0 Å². The number of ether oxygens (including phenoxy) is 2. The number of nitrogens with two attached hydrogens (primary N) is 1. The predicted octanol–water partition coefficient (Wildman–Crippen LogP) is 2.21.